The molecule has 1 aliphatic rings. The predicted molar refractivity (Wildman–Crippen MR) is 82.4 cm³/mol. The molecule has 0 atom stereocenters. The number of likely N-dealkylation sites (tertiary alicyclic amines) is 1. The number of methoxy groups -OCH3 is 1. The molecule has 5 heteroatoms. The van der Waals surface area contributed by atoms with E-state index in [0.29, 0.717) is 0 Å². The predicted octanol–water partition coefficient (Wildman–Crippen LogP) is 2.32. The third kappa shape index (κ3) is 3.22. The van der Waals surface area contributed by atoms with Crippen LogP contribution in [0.2, 0.25) is 0 Å². The fourth-order valence-corrected chi connectivity index (χ4v) is 3.59. The zero-order chi connectivity index (χ0) is 14.6. The lowest BCUT2D eigenvalue weighted by atomic mass is 9.83. The molecule has 4 nitrogen and oxygen atoms in total. The minimum Gasteiger partial charge on any atom is -0.385 e. The Hall–Kier alpha value is -0.910. The summed E-state index contributed by atoms with van der Waals surface area (Å²) in [6.07, 6.45) is 3.05. The van der Waals surface area contributed by atoms with Gasteiger partial charge in [-0.05, 0) is 44.8 Å². The van der Waals surface area contributed by atoms with Crippen molar-refractivity contribution in [2.24, 2.45) is 0 Å². The highest BCUT2D eigenvalue weighted by atomic mass is 32.1. The molecule has 112 valence electrons. The molecule has 0 radical (unpaired) electrons. The van der Waals surface area contributed by atoms with E-state index in [1.807, 2.05) is 22.4 Å². The van der Waals surface area contributed by atoms with Gasteiger partial charge >= 0.3 is 0 Å². The van der Waals surface area contributed by atoms with Gasteiger partial charge in [-0.1, -0.05) is 6.07 Å². The van der Waals surface area contributed by atoms with Crippen LogP contribution in [0.1, 0.15) is 28.9 Å². The summed E-state index contributed by atoms with van der Waals surface area (Å²) in [5.41, 5.74) is 0.169. The van der Waals surface area contributed by atoms with E-state index in [1.54, 1.807) is 7.11 Å². The maximum absolute atomic E-state index is 12.4. The first kappa shape index (κ1) is 15.5. The van der Waals surface area contributed by atoms with Gasteiger partial charge in [-0.25, -0.2) is 0 Å². The maximum atomic E-state index is 12.4. The average molecular weight is 296 g/mol. The van der Waals surface area contributed by atoms with Crippen molar-refractivity contribution < 1.29 is 9.53 Å². The molecule has 1 saturated heterocycles. The van der Waals surface area contributed by atoms with E-state index >= 15 is 0 Å². The van der Waals surface area contributed by atoms with Crippen LogP contribution in [0.5, 0.6) is 0 Å². The summed E-state index contributed by atoms with van der Waals surface area (Å²) >= 11 is 1.52. The summed E-state index contributed by atoms with van der Waals surface area (Å²) in [7, 11) is 6.01. The van der Waals surface area contributed by atoms with Gasteiger partial charge < -0.3 is 14.5 Å². The van der Waals surface area contributed by atoms with Crippen LogP contribution in [0.15, 0.2) is 17.5 Å². The third-order valence-corrected chi connectivity index (χ3v) is 5.29. The maximum Gasteiger partial charge on any atom is 0.263 e. The highest BCUT2D eigenvalue weighted by Gasteiger charge is 2.37. The molecule has 0 bridgehead atoms. The highest BCUT2D eigenvalue weighted by molar-refractivity contribution is 7.12. The van der Waals surface area contributed by atoms with Gasteiger partial charge in [0.25, 0.3) is 5.91 Å². The normalized spacial score (nSPS) is 18.5. The molecule has 2 rings (SSSR count). The van der Waals surface area contributed by atoms with Crippen molar-refractivity contribution in [1.82, 2.24) is 9.80 Å². The van der Waals surface area contributed by atoms with Crippen molar-refractivity contribution in [3.8, 4) is 0 Å². The first-order valence-electron chi connectivity index (χ1n) is 7.08. The minimum absolute atomic E-state index is 0.169. The minimum atomic E-state index is 0.169. The Morgan fingerprint density at radius 1 is 1.45 bits per heavy atom. The summed E-state index contributed by atoms with van der Waals surface area (Å²) in [5.74, 6) is 0.180. The number of piperidine rings is 1. The number of nitrogens with zero attached hydrogens (tertiary/aromatic N) is 2. The quantitative estimate of drug-likeness (QED) is 0.836. The summed E-state index contributed by atoms with van der Waals surface area (Å²) < 4.78 is 5.25. The van der Waals surface area contributed by atoms with Crippen LogP contribution in [-0.2, 0) is 4.74 Å². The van der Waals surface area contributed by atoms with Crippen molar-refractivity contribution in [1.29, 1.82) is 0 Å². The third-order valence-electron chi connectivity index (χ3n) is 4.43. The van der Waals surface area contributed by atoms with E-state index in [9.17, 15) is 4.79 Å². The second-order valence-corrected chi connectivity index (χ2v) is 6.58. The Labute approximate surface area is 125 Å². The molecule has 1 amide bonds. The second kappa shape index (κ2) is 6.70. The van der Waals surface area contributed by atoms with E-state index in [4.69, 9.17) is 4.74 Å². The zero-order valence-corrected chi connectivity index (χ0v) is 13.4. The van der Waals surface area contributed by atoms with Gasteiger partial charge in [0.05, 0.1) is 4.88 Å². The Balaban J connectivity index is 1.98. The lowest BCUT2D eigenvalue weighted by Gasteiger charge is -2.46. The Bertz CT molecular complexity index is 423. The molecule has 20 heavy (non-hydrogen) atoms. The smallest absolute Gasteiger partial charge is 0.263 e. The van der Waals surface area contributed by atoms with Crippen molar-refractivity contribution in [2.45, 2.75) is 24.8 Å². The summed E-state index contributed by atoms with van der Waals surface area (Å²) in [5, 5.41) is 1.96. The van der Waals surface area contributed by atoms with Gasteiger partial charge in [0.15, 0.2) is 0 Å². The number of amides is 1. The van der Waals surface area contributed by atoms with Gasteiger partial charge in [-0.2, -0.15) is 0 Å². The molecule has 0 aromatic carbocycles. The van der Waals surface area contributed by atoms with Crippen LogP contribution in [-0.4, -0.2) is 62.1 Å². The average Bonchev–Trinajstić information content (AvgIpc) is 2.99. The molecule has 1 aromatic rings. The molecule has 1 fully saturated rings. The van der Waals surface area contributed by atoms with E-state index in [-0.39, 0.29) is 11.4 Å². The number of hydrogen-bond donors (Lipinski definition) is 0. The number of carbonyl (C=O) groups is 1. The molecule has 2 heterocycles. The molecule has 0 aliphatic carbocycles. The van der Waals surface area contributed by atoms with Crippen LogP contribution in [0.25, 0.3) is 0 Å². The van der Waals surface area contributed by atoms with Gasteiger partial charge in [-0.3, -0.25) is 4.79 Å². The second-order valence-electron chi connectivity index (χ2n) is 5.63. The number of ether oxygens (including phenoxy) is 1. The topological polar surface area (TPSA) is 32.8 Å². The van der Waals surface area contributed by atoms with Gasteiger partial charge in [0.1, 0.15) is 0 Å². The number of thiophene rings is 1. The van der Waals surface area contributed by atoms with E-state index in [0.717, 1.165) is 43.8 Å². The lowest BCUT2D eigenvalue weighted by Crippen LogP contribution is -2.54. The van der Waals surface area contributed by atoms with Crippen molar-refractivity contribution in [3.63, 3.8) is 0 Å². The van der Waals surface area contributed by atoms with Crippen LogP contribution in [0.3, 0.4) is 0 Å². The molecule has 1 aliphatic heterocycles. The first-order chi connectivity index (χ1) is 9.59. The Morgan fingerprint density at radius 3 is 2.65 bits per heavy atom. The molecular weight excluding hydrogens is 272 g/mol. The first-order valence-corrected chi connectivity index (χ1v) is 7.96. The van der Waals surface area contributed by atoms with Crippen LogP contribution < -0.4 is 0 Å². The molecular formula is C15H24N2O2S. The highest BCUT2D eigenvalue weighted by Crippen LogP contribution is 2.31. The van der Waals surface area contributed by atoms with Gasteiger partial charge in [0.2, 0.25) is 0 Å². The van der Waals surface area contributed by atoms with Crippen molar-refractivity contribution in [2.75, 3.05) is 40.9 Å². The standard InChI is InChI=1S/C15H24N2O2S/c1-16(2)15(8-11-19-3)6-9-17(10-7-15)14(18)13-5-4-12-20-13/h4-5,12H,6-11H2,1-3H3. The molecule has 1 aromatic heterocycles. The lowest BCUT2D eigenvalue weighted by molar-refractivity contribution is 0.0256. The Kier molecular flexibility index (Phi) is 5.18. The van der Waals surface area contributed by atoms with Gasteiger partial charge in [0, 0.05) is 32.3 Å². The zero-order valence-electron chi connectivity index (χ0n) is 12.6. The van der Waals surface area contributed by atoms with Crippen molar-refractivity contribution >= 4 is 17.2 Å². The number of carbonyl (C=O) groups excluding carboxylic acids is 1. The molecule has 0 N–H and O–H groups in total. The van der Waals surface area contributed by atoms with Gasteiger partial charge in [-0.15, -0.1) is 11.3 Å². The summed E-state index contributed by atoms with van der Waals surface area (Å²) in [4.78, 5) is 17.5. The number of hydrogen-bond acceptors (Lipinski definition) is 4. The molecule has 0 saturated carbocycles. The molecule has 0 spiro atoms. The van der Waals surface area contributed by atoms with E-state index < -0.39 is 0 Å². The van der Waals surface area contributed by atoms with Crippen LogP contribution in [0.4, 0.5) is 0 Å². The van der Waals surface area contributed by atoms with E-state index in [2.05, 4.69) is 19.0 Å². The molecule has 0 unspecified atom stereocenters. The monoisotopic (exact) mass is 296 g/mol. The fraction of sp³-hybridized carbons (Fsp3) is 0.667. The number of rotatable bonds is 5. The SMILES string of the molecule is COCCC1(N(C)C)CCN(C(=O)c2cccs2)CC1. The summed E-state index contributed by atoms with van der Waals surface area (Å²) in [6, 6.07) is 3.84. The Morgan fingerprint density at radius 2 is 2.15 bits per heavy atom. The van der Waals surface area contributed by atoms with Crippen LogP contribution >= 0.6 is 11.3 Å². The summed E-state index contributed by atoms with van der Waals surface area (Å²) in [6.45, 7) is 2.44. The van der Waals surface area contributed by atoms with Crippen LogP contribution in [0, 0.1) is 0 Å². The largest absolute Gasteiger partial charge is 0.385 e. The fourth-order valence-electron chi connectivity index (χ4n) is 2.89. The van der Waals surface area contributed by atoms with E-state index in [1.165, 1.54) is 11.3 Å². The van der Waals surface area contributed by atoms with Crippen molar-refractivity contribution in [3.05, 3.63) is 22.4 Å².